The van der Waals surface area contributed by atoms with E-state index in [0.717, 1.165) is 11.4 Å². The molecule has 116 valence electrons. The van der Waals surface area contributed by atoms with Crippen molar-refractivity contribution in [3.05, 3.63) is 69.0 Å². The predicted octanol–water partition coefficient (Wildman–Crippen LogP) is 5.45. The molecule has 7 heteroatoms. The highest BCUT2D eigenvalue weighted by Gasteiger charge is 2.07. The Labute approximate surface area is 147 Å². The quantitative estimate of drug-likeness (QED) is 0.648. The van der Waals surface area contributed by atoms with Gasteiger partial charge in [0.25, 0.3) is 5.91 Å². The van der Waals surface area contributed by atoms with Crippen molar-refractivity contribution in [1.29, 1.82) is 0 Å². The molecule has 2 N–H and O–H groups in total. The average molecular weight is 364 g/mol. The van der Waals surface area contributed by atoms with Gasteiger partial charge in [-0.25, -0.2) is 4.98 Å². The van der Waals surface area contributed by atoms with E-state index in [-0.39, 0.29) is 5.91 Å². The van der Waals surface area contributed by atoms with Gasteiger partial charge in [0.15, 0.2) is 0 Å². The van der Waals surface area contributed by atoms with Crippen molar-refractivity contribution in [2.45, 2.75) is 0 Å². The van der Waals surface area contributed by atoms with E-state index in [4.69, 9.17) is 23.2 Å². The van der Waals surface area contributed by atoms with Crippen LogP contribution in [0.2, 0.25) is 10.0 Å². The van der Waals surface area contributed by atoms with E-state index in [1.807, 2.05) is 23.6 Å². The third-order valence-electron chi connectivity index (χ3n) is 2.96. The topological polar surface area (TPSA) is 54.0 Å². The Morgan fingerprint density at radius 1 is 1.04 bits per heavy atom. The molecule has 0 saturated carbocycles. The van der Waals surface area contributed by atoms with Gasteiger partial charge in [0.1, 0.15) is 5.82 Å². The van der Waals surface area contributed by atoms with Gasteiger partial charge in [0, 0.05) is 5.69 Å². The van der Waals surface area contributed by atoms with Crippen LogP contribution in [0, 0.1) is 0 Å². The second kappa shape index (κ2) is 7.00. The summed E-state index contributed by atoms with van der Waals surface area (Å²) in [7, 11) is 0. The highest BCUT2D eigenvalue weighted by molar-refractivity contribution is 7.12. The zero-order valence-corrected chi connectivity index (χ0v) is 14.0. The number of halogens is 2. The Kier molecular flexibility index (Phi) is 4.81. The summed E-state index contributed by atoms with van der Waals surface area (Å²) in [6.07, 6.45) is 1.63. The first-order chi connectivity index (χ1) is 11.1. The summed E-state index contributed by atoms with van der Waals surface area (Å²) in [6.45, 7) is 0. The predicted molar refractivity (Wildman–Crippen MR) is 96.3 cm³/mol. The van der Waals surface area contributed by atoms with Gasteiger partial charge in [-0.15, -0.1) is 11.3 Å². The second-order valence-corrected chi connectivity index (χ2v) is 6.38. The number of nitrogens with one attached hydrogen (secondary N) is 2. The molecule has 1 amide bonds. The molecule has 0 unspecified atom stereocenters. The molecule has 0 aliphatic heterocycles. The van der Waals surface area contributed by atoms with Crippen molar-refractivity contribution < 1.29 is 4.79 Å². The van der Waals surface area contributed by atoms with Crippen molar-refractivity contribution >= 4 is 57.6 Å². The number of thiophene rings is 1. The van der Waals surface area contributed by atoms with Crippen LogP contribution in [0.1, 0.15) is 9.67 Å². The second-order valence-electron chi connectivity index (χ2n) is 4.62. The molecule has 1 aromatic carbocycles. The van der Waals surface area contributed by atoms with Crippen LogP contribution in [0.25, 0.3) is 0 Å². The Hall–Kier alpha value is -2.08. The van der Waals surface area contributed by atoms with Crippen LogP contribution in [0.4, 0.5) is 17.2 Å². The van der Waals surface area contributed by atoms with Gasteiger partial charge in [0.05, 0.1) is 26.8 Å². The van der Waals surface area contributed by atoms with Gasteiger partial charge >= 0.3 is 0 Å². The number of anilines is 3. The molecular weight excluding hydrogens is 353 g/mol. The number of hydrogen-bond donors (Lipinski definition) is 2. The van der Waals surface area contributed by atoms with Crippen LogP contribution in [0.5, 0.6) is 0 Å². The molecule has 0 bridgehead atoms. The fraction of sp³-hybridized carbons (Fsp3) is 0. The highest BCUT2D eigenvalue weighted by atomic mass is 35.5. The third kappa shape index (κ3) is 4.01. The van der Waals surface area contributed by atoms with E-state index in [0.29, 0.717) is 20.7 Å². The SMILES string of the molecule is O=C(Nc1ccc(Nc2ccc(Cl)c(Cl)c2)cn1)c1cccs1. The van der Waals surface area contributed by atoms with Crippen molar-refractivity contribution in [2.75, 3.05) is 10.6 Å². The number of nitrogens with zero attached hydrogens (tertiary/aromatic N) is 1. The Bertz CT molecular complexity index is 820. The fourth-order valence-corrected chi connectivity index (χ4v) is 2.79. The van der Waals surface area contributed by atoms with Crippen molar-refractivity contribution in [1.82, 2.24) is 4.98 Å². The number of amides is 1. The first-order valence-corrected chi connectivity index (χ1v) is 8.28. The highest BCUT2D eigenvalue weighted by Crippen LogP contribution is 2.27. The molecule has 3 rings (SSSR count). The van der Waals surface area contributed by atoms with Crippen LogP contribution in [-0.4, -0.2) is 10.9 Å². The van der Waals surface area contributed by atoms with Crippen molar-refractivity contribution in [3.63, 3.8) is 0 Å². The third-order valence-corrected chi connectivity index (χ3v) is 4.57. The molecule has 0 aliphatic carbocycles. The van der Waals surface area contributed by atoms with Gasteiger partial charge < -0.3 is 10.6 Å². The minimum atomic E-state index is -0.169. The van der Waals surface area contributed by atoms with Crippen LogP contribution < -0.4 is 10.6 Å². The van der Waals surface area contributed by atoms with Crippen molar-refractivity contribution in [2.24, 2.45) is 0 Å². The van der Waals surface area contributed by atoms with Crippen LogP contribution in [-0.2, 0) is 0 Å². The molecule has 3 aromatic rings. The maximum absolute atomic E-state index is 11.9. The van der Waals surface area contributed by atoms with Gasteiger partial charge in [-0.3, -0.25) is 4.79 Å². The molecule has 0 spiro atoms. The number of carbonyl (C=O) groups is 1. The number of rotatable bonds is 4. The van der Waals surface area contributed by atoms with Crippen LogP contribution in [0.15, 0.2) is 54.0 Å². The van der Waals surface area contributed by atoms with E-state index < -0.39 is 0 Å². The van der Waals surface area contributed by atoms with Crippen molar-refractivity contribution in [3.8, 4) is 0 Å². The molecule has 4 nitrogen and oxygen atoms in total. The number of benzene rings is 1. The Morgan fingerprint density at radius 3 is 2.52 bits per heavy atom. The fourth-order valence-electron chi connectivity index (χ4n) is 1.87. The Balaban J connectivity index is 1.67. The maximum Gasteiger partial charge on any atom is 0.266 e. The first-order valence-electron chi connectivity index (χ1n) is 6.65. The van der Waals surface area contributed by atoms with Crippen LogP contribution >= 0.6 is 34.5 Å². The number of pyridine rings is 1. The summed E-state index contributed by atoms with van der Waals surface area (Å²) >= 11 is 13.2. The lowest BCUT2D eigenvalue weighted by Gasteiger charge is -2.08. The average Bonchev–Trinajstić information content (AvgIpc) is 3.07. The number of carbonyl (C=O) groups excluding carboxylic acids is 1. The van der Waals surface area contributed by atoms with E-state index >= 15 is 0 Å². The lowest BCUT2D eigenvalue weighted by Crippen LogP contribution is -2.11. The number of hydrogen-bond acceptors (Lipinski definition) is 4. The smallest absolute Gasteiger partial charge is 0.266 e. The van der Waals surface area contributed by atoms with E-state index in [2.05, 4.69) is 15.6 Å². The normalized spacial score (nSPS) is 10.3. The van der Waals surface area contributed by atoms with Gasteiger partial charge in [-0.05, 0) is 41.8 Å². The lowest BCUT2D eigenvalue weighted by molar-refractivity contribution is 0.103. The molecule has 0 saturated heterocycles. The minimum absolute atomic E-state index is 0.169. The van der Waals surface area contributed by atoms with Crippen LogP contribution in [0.3, 0.4) is 0 Å². The summed E-state index contributed by atoms with van der Waals surface area (Å²) in [4.78, 5) is 16.8. The molecule has 23 heavy (non-hydrogen) atoms. The van der Waals surface area contributed by atoms with Gasteiger partial charge in [-0.2, -0.15) is 0 Å². The minimum Gasteiger partial charge on any atom is -0.354 e. The van der Waals surface area contributed by atoms with Gasteiger partial charge in [-0.1, -0.05) is 29.3 Å². The summed E-state index contributed by atoms with van der Waals surface area (Å²) < 4.78 is 0. The molecule has 0 fully saturated rings. The summed E-state index contributed by atoms with van der Waals surface area (Å²) in [5.41, 5.74) is 1.58. The summed E-state index contributed by atoms with van der Waals surface area (Å²) in [5.74, 6) is 0.320. The van der Waals surface area contributed by atoms with E-state index in [1.54, 1.807) is 30.5 Å². The zero-order chi connectivity index (χ0) is 16.2. The van der Waals surface area contributed by atoms with Gasteiger partial charge in [0.2, 0.25) is 0 Å². The molecule has 0 atom stereocenters. The summed E-state index contributed by atoms with van der Waals surface area (Å²) in [5, 5.41) is 8.74. The van der Waals surface area contributed by atoms with E-state index in [1.165, 1.54) is 11.3 Å². The molecule has 0 aliphatic rings. The zero-order valence-electron chi connectivity index (χ0n) is 11.7. The number of aromatic nitrogens is 1. The maximum atomic E-state index is 11.9. The monoisotopic (exact) mass is 363 g/mol. The summed E-state index contributed by atoms with van der Waals surface area (Å²) in [6, 6.07) is 12.4. The lowest BCUT2D eigenvalue weighted by atomic mass is 10.3. The van der Waals surface area contributed by atoms with E-state index in [9.17, 15) is 4.79 Å². The standard InChI is InChI=1S/C16H11Cl2N3OS/c17-12-5-3-10(8-13(12)18)20-11-4-6-15(19-9-11)21-16(22)14-2-1-7-23-14/h1-9,20H,(H,19,21,22). The molecule has 2 heterocycles. The Morgan fingerprint density at radius 2 is 1.87 bits per heavy atom. The molecule has 2 aromatic heterocycles. The first kappa shape index (κ1) is 15.8. The molecular formula is C16H11Cl2N3OS. The largest absolute Gasteiger partial charge is 0.354 e. The molecule has 0 radical (unpaired) electrons.